The van der Waals surface area contributed by atoms with Gasteiger partial charge in [-0.3, -0.25) is 15.2 Å². The average Bonchev–Trinajstić information content (AvgIpc) is 2.88. The first-order valence-corrected chi connectivity index (χ1v) is 5.71. The number of aromatic nitrogens is 3. The molecule has 3 aromatic rings. The largest absolute Gasteiger partial charge is 0.287 e. The summed E-state index contributed by atoms with van der Waals surface area (Å²) in [5.41, 5.74) is 1.85. The van der Waals surface area contributed by atoms with Crippen molar-refractivity contribution in [3.05, 3.63) is 63.7 Å². The van der Waals surface area contributed by atoms with Crippen molar-refractivity contribution < 1.29 is 4.92 Å². The molecule has 1 aromatic heterocycles. The number of H-pyrrole nitrogens is 1. The molecule has 0 atom stereocenters. The van der Waals surface area contributed by atoms with Crippen molar-refractivity contribution in [1.29, 1.82) is 0 Å². The molecule has 0 aliphatic heterocycles. The quantitative estimate of drug-likeness (QED) is 0.546. The Morgan fingerprint density at radius 1 is 1.11 bits per heavy atom. The fourth-order valence-corrected chi connectivity index (χ4v) is 1.59. The minimum absolute atomic E-state index is 0.0517. The molecule has 7 heteroatoms. The van der Waals surface area contributed by atoms with Crippen LogP contribution in [0.2, 0.25) is 5.02 Å². The summed E-state index contributed by atoms with van der Waals surface area (Å²) in [5.74, 6) is 0. The van der Waals surface area contributed by atoms with Crippen molar-refractivity contribution in [2.24, 2.45) is 0 Å². The molecule has 0 radical (unpaired) electrons. The van der Waals surface area contributed by atoms with Gasteiger partial charge >= 0.3 is 0 Å². The molecule has 0 spiro atoms. The monoisotopic (exact) mass is 276 g/mol. The minimum atomic E-state index is -0.512. The highest BCUT2D eigenvalue weighted by Crippen LogP contribution is 2.22. The predicted octanol–water partition coefficient (Wildman–Crippen LogP) is 3.21. The van der Waals surface area contributed by atoms with Crippen LogP contribution in [0.25, 0.3) is 11.0 Å². The summed E-state index contributed by atoms with van der Waals surface area (Å²) >= 11 is 5.48. The van der Waals surface area contributed by atoms with E-state index in [9.17, 15) is 10.1 Å². The van der Waals surface area contributed by atoms with E-state index in [2.05, 4.69) is 15.4 Å². The lowest BCUT2D eigenvalue weighted by atomic mass is 10.3. The van der Waals surface area contributed by atoms with Crippen LogP contribution in [0, 0.1) is 10.1 Å². The van der Waals surface area contributed by atoms with Gasteiger partial charge in [0, 0.05) is 6.07 Å². The van der Waals surface area contributed by atoms with E-state index in [1.54, 1.807) is 12.1 Å². The third-order valence-electron chi connectivity index (χ3n) is 2.28. The molecule has 0 bridgehead atoms. The number of benzene rings is 2. The van der Waals surface area contributed by atoms with Crippen molar-refractivity contribution in [3.8, 4) is 0 Å². The van der Waals surface area contributed by atoms with Gasteiger partial charge in [0.1, 0.15) is 10.5 Å². The first kappa shape index (κ1) is 13.0. The molecule has 6 nitrogen and oxygen atoms in total. The molecule has 1 N–H and O–H groups in total. The van der Waals surface area contributed by atoms with Crippen LogP contribution in [-0.4, -0.2) is 20.3 Å². The summed E-state index contributed by atoms with van der Waals surface area (Å²) < 4.78 is 0. The normalized spacial score (nSPS) is 9.74. The standard InChI is InChI=1S/C6H4ClNO2.C6H5N3/c7-5-3-1-2-4-6(5)8(9)10;1-2-4-6-5(3-1)7-9-8-6/h1-4H;1-4H,(H,7,8,9). The second kappa shape index (κ2) is 5.92. The Kier molecular flexibility index (Phi) is 4.04. The molecular weight excluding hydrogens is 268 g/mol. The smallest absolute Gasteiger partial charge is 0.258 e. The number of nitro benzene ring substituents is 1. The zero-order valence-corrected chi connectivity index (χ0v) is 10.4. The summed E-state index contributed by atoms with van der Waals surface area (Å²) in [6.45, 7) is 0. The highest BCUT2D eigenvalue weighted by Gasteiger charge is 2.08. The van der Waals surface area contributed by atoms with Crippen LogP contribution >= 0.6 is 11.6 Å². The molecule has 19 heavy (non-hydrogen) atoms. The third-order valence-corrected chi connectivity index (χ3v) is 2.60. The predicted molar refractivity (Wildman–Crippen MR) is 72.0 cm³/mol. The SMILES string of the molecule is O=[N+]([O-])c1ccccc1Cl.c1ccc2[nH]nnc2c1. The van der Waals surface area contributed by atoms with Crippen molar-refractivity contribution in [2.45, 2.75) is 0 Å². The van der Waals surface area contributed by atoms with Gasteiger partial charge in [0.15, 0.2) is 0 Å². The van der Waals surface area contributed by atoms with Crippen LogP contribution in [0.4, 0.5) is 5.69 Å². The highest BCUT2D eigenvalue weighted by molar-refractivity contribution is 6.32. The van der Waals surface area contributed by atoms with Crippen LogP contribution in [0.1, 0.15) is 0 Å². The maximum absolute atomic E-state index is 10.1. The second-order valence-electron chi connectivity index (χ2n) is 3.54. The molecule has 0 saturated carbocycles. The van der Waals surface area contributed by atoms with E-state index in [1.165, 1.54) is 12.1 Å². The van der Waals surface area contributed by atoms with Crippen molar-refractivity contribution in [2.75, 3.05) is 0 Å². The highest BCUT2D eigenvalue weighted by atomic mass is 35.5. The van der Waals surface area contributed by atoms with Gasteiger partial charge in [0.2, 0.25) is 0 Å². The minimum Gasteiger partial charge on any atom is -0.258 e. The van der Waals surface area contributed by atoms with E-state index in [0.717, 1.165) is 11.0 Å². The van der Waals surface area contributed by atoms with Crippen molar-refractivity contribution in [1.82, 2.24) is 15.4 Å². The summed E-state index contributed by atoms with van der Waals surface area (Å²) in [4.78, 5) is 9.63. The Morgan fingerprint density at radius 3 is 2.42 bits per heavy atom. The Bertz CT molecular complexity index is 669. The number of nitrogens with zero attached hydrogens (tertiary/aromatic N) is 3. The average molecular weight is 277 g/mol. The fraction of sp³-hybridized carbons (Fsp3) is 0. The number of fused-ring (bicyclic) bond motifs is 1. The Labute approximate surface area is 113 Å². The number of nitrogens with one attached hydrogen (secondary N) is 1. The lowest BCUT2D eigenvalue weighted by Gasteiger charge is -1.90. The van der Waals surface area contributed by atoms with Crippen LogP contribution in [-0.2, 0) is 0 Å². The van der Waals surface area contributed by atoms with E-state index in [-0.39, 0.29) is 10.7 Å². The van der Waals surface area contributed by atoms with Crippen LogP contribution < -0.4 is 0 Å². The number of nitro groups is 1. The number of halogens is 1. The Balaban J connectivity index is 0.000000141. The number of aromatic amines is 1. The molecule has 0 aliphatic carbocycles. The lowest BCUT2D eigenvalue weighted by Crippen LogP contribution is -1.87. The molecule has 0 amide bonds. The van der Waals surface area contributed by atoms with Gasteiger partial charge in [-0.05, 0) is 18.2 Å². The Morgan fingerprint density at radius 2 is 1.79 bits per heavy atom. The third kappa shape index (κ3) is 3.26. The number of rotatable bonds is 1. The second-order valence-corrected chi connectivity index (χ2v) is 3.94. The maximum Gasteiger partial charge on any atom is 0.287 e. The summed E-state index contributed by atoms with van der Waals surface area (Å²) in [6, 6.07) is 13.8. The van der Waals surface area contributed by atoms with Crippen molar-refractivity contribution in [3.63, 3.8) is 0 Å². The topological polar surface area (TPSA) is 84.7 Å². The molecule has 1 heterocycles. The fourth-order valence-electron chi connectivity index (χ4n) is 1.39. The van der Waals surface area contributed by atoms with E-state index in [1.807, 2.05) is 24.3 Å². The van der Waals surface area contributed by atoms with E-state index in [4.69, 9.17) is 11.6 Å². The molecule has 0 unspecified atom stereocenters. The molecule has 0 aliphatic rings. The summed E-state index contributed by atoms with van der Waals surface area (Å²) in [6.07, 6.45) is 0. The van der Waals surface area contributed by atoms with Crippen LogP contribution in [0.5, 0.6) is 0 Å². The van der Waals surface area contributed by atoms with Gasteiger partial charge in [-0.2, -0.15) is 0 Å². The molecule has 2 aromatic carbocycles. The molecule has 0 saturated heterocycles. The maximum atomic E-state index is 10.1. The molecular formula is C12H9ClN4O2. The molecule has 96 valence electrons. The van der Waals surface area contributed by atoms with Gasteiger partial charge in [-0.15, -0.1) is 5.10 Å². The van der Waals surface area contributed by atoms with Gasteiger partial charge in [-0.25, -0.2) is 0 Å². The van der Waals surface area contributed by atoms with Gasteiger partial charge in [0.25, 0.3) is 5.69 Å². The summed E-state index contributed by atoms with van der Waals surface area (Å²) in [5, 5.41) is 20.5. The van der Waals surface area contributed by atoms with Crippen LogP contribution in [0.3, 0.4) is 0 Å². The molecule has 3 rings (SSSR count). The number of hydrogen-bond acceptors (Lipinski definition) is 4. The first-order chi connectivity index (χ1) is 9.18. The first-order valence-electron chi connectivity index (χ1n) is 5.33. The number of para-hydroxylation sites is 2. The lowest BCUT2D eigenvalue weighted by molar-refractivity contribution is -0.384. The van der Waals surface area contributed by atoms with E-state index < -0.39 is 4.92 Å². The van der Waals surface area contributed by atoms with Gasteiger partial charge in [-0.1, -0.05) is 41.1 Å². The summed E-state index contributed by atoms with van der Waals surface area (Å²) in [7, 11) is 0. The zero-order valence-electron chi connectivity index (χ0n) is 9.65. The van der Waals surface area contributed by atoms with E-state index in [0.29, 0.717) is 0 Å². The molecule has 0 fully saturated rings. The Hall–Kier alpha value is -2.47. The zero-order chi connectivity index (χ0) is 13.7. The van der Waals surface area contributed by atoms with Crippen molar-refractivity contribution >= 4 is 28.3 Å². The number of hydrogen-bond donors (Lipinski definition) is 1. The van der Waals surface area contributed by atoms with Crippen LogP contribution in [0.15, 0.2) is 48.5 Å². The van der Waals surface area contributed by atoms with E-state index >= 15 is 0 Å². The van der Waals surface area contributed by atoms with Gasteiger partial charge in [0.05, 0.1) is 10.4 Å². The van der Waals surface area contributed by atoms with Gasteiger partial charge < -0.3 is 0 Å².